The van der Waals surface area contributed by atoms with Gasteiger partial charge in [0.1, 0.15) is 0 Å². The molecule has 0 radical (unpaired) electrons. The van der Waals surface area contributed by atoms with E-state index in [2.05, 4.69) is 36.0 Å². The van der Waals surface area contributed by atoms with E-state index in [0.717, 1.165) is 25.8 Å². The van der Waals surface area contributed by atoms with Crippen LogP contribution >= 0.6 is 0 Å². The van der Waals surface area contributed by atoms with Gasteiger partial charge in [-0.25, -0.2) is 0 Å². The molecule has 2 rings (SSSR count). The molecule has 0 aromatic carbocycles. The lowest BCUT2D eigenvalue weighted by molar-refractivity contribution is 0.110. The summed E-state index contributed by atoms with van der Waals surface area (Å²) in [6, 6.07) is 1.36. The zero-order chi connectivity index (χ0) is 14.4. The maximum absolute atomic E-state index is 5.57. The average Bonchev–Trinajstić information content (AvgIpc) is 3.01. The van der Waals surface area contributed by atoms with Crippen molar-refractivity contribution in [3.05, 3.63) is 0 Å². The number of piperidine rings is 1. The second-order valence-electron chi connectivity index (χ2n) is 6.39. The molecule has 0 aliphatic carbocycles. The summed E-state index contributed by atoms with van der Waals surface area (Å²) in [5.41, 5.74) is 0. The number of ether oxygens (including phenoxy) is 1. The van der Waals surface area contributed by atoms with Crippen LogP contribution in [0.1, 0.15) is 33.1 Å². The monoisotopic (exact) mass is 283 g/mol. The molecule has 118 valence electrons. The second kappa shape index (κ2) is 8.32. The maximum Gasteiger partial charge on any atom is 0.0510 e. The van der Waals surface area contributed by atoms with Gasteiger partial charge in [-0.3, -0.25) is 0 Å². The first kappa shape index (κ1) is 16.2. The Hall–Kier alpha value is -0.160. The van der Waals surface area contributed by atoms with Gasteiger partial charge in [0.25, 0.3) is 0 Å². The van der Waals surface area contributed by atoms with E-state index in [1.807, 2.05) is 0 Å². The van der Waals surface area contributed by atoms with Crippen LogP contribution in [-0.2, 0) is 4.74 Å². The van der Waals surface area contributed by atoms with Crippen LogP contribution in [0.3, 0.4) is 0 Å². The number of hydrogen-bond acceptors (Lipinski definition) is 4. The van der Waals surface area contributed by atoms with Crippen LogP contribution in [0.5, 0.6) is 0 Å². The molecular formula is C16H33N3O. The molecule has 2 unspecified atom stereocenters. The van der Waals surface area contributed by atoms with Crippen LogP contribution in [0.15, 0.2) is 0 Å². The van der Waals surface area contributed by atoms with Crippen molar-refractivity contribution in [3.8, 4) is 0 Å². The van der Waals surface area contributed by atoms with Gasteiger partial charge in [-0.2, -0.15) is 0 Å². The molecule has 2 saturated heterocycles. The average molecular weight is 283 g/mol. The predicted octanol–water partition coefficient (Wildman–Crippen LogP) is 1.42. The van der Waals surface area contributed by atoms with Crippen molar-refractivity contribution in [1.29, 1.82) is 0 Å². The molecule has 0 aromatic rings. The van der Waals surface area contributed by atoms with E-state index in [1.54, 1.807) is 0 Å². The highest BCUT2D eigenvalue weighted by atomic mass is 16.5. The Labute approximate surface area is 124 Å². The summed E-state index contributed by atoms with van der Waals surface area (Å²) in [6.07, 6.45) is 3.87. The molecule has 4 heteroatoms. The van der Waals surface area contributed by atoms with E-state index < -0.39 is 0 Å². The molecule has 2 aliphatic rings. The van der Waals surface area contributed by atoms with Gasteiger partial charge in [-0.05, 0) is 52.5 Å². The number of hydrogen-bond donors (Lipinski definition) is 1. The normalized spacial score (nSPS) is 27.3. The summed E-state index contributed by atoms with van der Waals surface area (Å²) in [6.45, 7) is 12.3. The van der Waals surface area contributed by atoms with E-state index in [1.165, 1.54) is 45.4 Å². The van der Waals surface area contributed by atoms with Crippen LogP contribution in [-0.4, -0.2) is 74.9 Å². The van der Waals surface area contributed by atoms with Crippen LogP contribution in [0.25, 0.3) is 0 Å². The summed E-state index contributed by atoms with van der Waals surface area (Å²) >= 11 is 0. The summed E-state index contributed by atoms with van der Waals surface area (Å²) < 4.78 is 5.57. The quantitative estimate of drug-likeness (QED) is 0.765. The molecule has 2 aliphatic heterocycles. The third-order valence-electron chi connectivity index (χ3n) is 5.11. The second-order valence-corrected chi connectivity index (χ2v) is 6.39. The fraction of sp³-hybridized carbons (Fsp3) is 1.00. The van der Waals surface area contributed by atoms with Gasteiger partial charge in [0, 0.05) is 31.2 Å². The lowest BCUT2D eigenvalue weighted by atomic mass is 9.96. The van der Waals surface area contributed by atoms with Crippen molar-refractivity contribution in [1.82, 2.24) is 15.1 Å². The van der Waals surface area contributed by atoms with Gasteiger partial charge in [0.15, 0.2) is 0 Å². The van der Waals surface area contributed by atoms with Crippen molar-refractivity contribution in [2.24, 2.45) is 5.92 Å². The standard InChI is InChI=1S/C16H33N3O/c1-4-17-16(14-8-11-20-13-14)12-18(3)15-6-9-19(5-2)10-7-15/h14-17H,4-13H2,1-3H3. The first-order valence-corrected chi connectivity index (χ1v) is 8.48. The maximum atomic E-state index is 5.57. The van der Waals surface area contributed by atoms with Gasteiger partial charge in [-0.15, -0.1) is 0 Å². The van der Waals surface area contributed by atoms with E-state index in [9.17, 15) is 0 Å². The highest BCUT2D eigenvalue weighted by Crippen LogP contribution is 2.20. The third kappa shape index (κ3) is 4.42. The van der Waals surface area contributed by atoms with Crippen molar-refractivity contribution >= 4 is 0 Å². The molecule has 0 saturated carbocycles. The lowest BCUT2D eigenvalue weighted by Crippen LogP contribution is -2.50. The molecule has 0 aromatic heterocycles. The summed E-state index contributed by atoms with van der Waals surface area (Å²) in [5.74, 6) is 0.702. The van der Waals surface area contributed by atoms with E-state index >= 15 is 0 Å². The van der Waals surface area contributed by atoms with Gasteiger partial charge < -0.3 is 19.9 Å². The molecule has 2 heterocycles. The zero-order valence-electron chi connectivity index (χ0n) is 13.6. The van der Waals surface area contributed by atoms with Crippen molar-refractivity contribution in [3.63, 3.8) is 0 Å². The Kier molecular flexibility index (Phi) is 6.75. The Bertz CT molecular complexity index is 260. The molecule has 1 N–H and O–H groups in total. The number of nitrogens with one attached hydrogen (secondary N) is 1. The smallest absolute Gasteiger partial charge is 0.0510 e. The van der Waals surface area contributed by atoms with Crippen molar-refractivity contribution < 1.29 is 4.74 Å². The summed E-state index contributed by atoms with van der Waals surface area (Å²) in [5, 5.41) is 3.68. The van der Waals surface area contributed by atoms with Crippen LogP contribution in [0.4, 0.5) is 0 Å². The number of rotatable bonds is 7. The van der Waals surface area contributed by atoms with Gasteiger partial charge in [-0.1, -0.05) is 13.8 Å². The van der Waals surface area contributed by atoms with E-state index in [0.29, 0.717) is 12.0 Å². The third-order valence-corrected chi connectivity index (χ3v) is 5.11. The van der Waals surface area contributed by atoms with Crippen LogP contribution < -0.4 is 5.32 Å². The molecule has 2 fully saturated rings. The predicted molar refractivity (Wildman–Crippen MR) is 84.2 cm³/mol. The Morgan fingerprint density at radius 1 is 1.25 bits per heavy atom. The molecule has 0 amide bonds. The number of nitrogens with zero attached hydrogens (tertiary/aromatic N) is 2. The van der Waals surface area contributed by atoms with Crippen molar-refractivity contribution in [2.45, 2.75) is 45.2 Å². The number of likely N-dealkylation sites (tertiary alicyclic amines) is 1. The number of likely N-dealkylation sites (N-methyl/N-ethyl adjacent to an activating group) is 2. The Morgan fingerprint density at radius 2 is 2.00 bits per heavy atom. The molecule has 2 atom stereocenters. The summed E-state index contributed by atoms with van der Waals surface area (Å²) in [7, 11) is 2.31. The largest absolute Gasteiger partial charge is 0.381 e. The fourth-order valence-electron chi connectivity index (χ4n) is 3.65. The van der Waals surface area contributed by atoms with Gasteiger partial charge in [0.05, 0.1) is 6.61 Å². The zero-order valence-corrected chi connectivity index (χ0v) is 13.6. The molecule has 0 spiro atoms. The van der Waals surface area contributed by atoms with E-state index in [4.69, 9.17) is 4.74 Å². The molecular weight excluding hydrogens is 250 g/mol. The fourth-order valence-corrected chi connectivity index (χ4v) is 3.65. The van der Waals surface area contributed by atoms with Crippen LogP contribution in [0, 0.1) is 5.92 Å². The molecule has 4 nitrogen and oxygen atoms in total. The molecule has 0 bridgehead atoms. The van der Waals surface area contributed by atoms with Gasteiger partial charge in [0.2, 0.25) is 0 Å². The van der Waals surface area contributed by atoms with Crippen LogP contribution in [0.2, 0.25) is 0 Å². The first-order chi connectivity index (χ1) is 9.74. The highest BCUT2D eigenvalue weighted by molar-refractivity contribution is 4.85. The van der Waals surface area contributed by atoms with Gasteiger partial charge >= 0.3 is 0 Å². The Morgan fingerprint density at radius 3 is 2.55 bits per heavy atom. The SMILES string of the molecule is CCNC(CN(C)C1CCN(CC)CC1)C1CCOC1. The lowest BCUT2D eigenvalue weighted by Gasteiger charge is -2.38. The van der Waals surface area contributed by atoms with Crippen molar-refractivity contribution in [2.75, 3.05) is 53.0 Å². The minimum absolute atomic E-state index is 0.594. The summed E-state index contributed by atoms with van der Waals surface area (Å²) in [4.78, 5) is 5.16. The first-order valence-electron chi connectivity index (χ1n) is 8.48. The molecule has 20 heavy (non-hydrogen) atoms. The Balaban J connectivity index is 1.80. The minimum atomic E-state index is 0.594. The highest BCUT2D eigenvalue weighted by Gasteiger charge is 2.29. The topological polar surface area (TPSA) is 27.7 Å². The minimum Gasteiger partial charge on any atom is -0.381 e. The van der Waals surface area contributed by atoms with E-state index in [-0.39, 0.29) is 0 Å².